The van der Waals surface area contributed by atoms with Gasteiger partial charge in [0.05, 0.1) is 5.75 Å². The molecule has 0 radical (unpaired) electrons. The molecule has 1 aromatic heterocycles. The number of nitrogen functional groups attached to an aromatic ring is 1. The molecule has 3 aromatic rings. The van der Waals surface area contributed by atoms with E-state index in [1.165, 1.54) is 0 Å². The largest absolute Gasteiger partial charge is 0.382 e. The molecular formula is C21H21N5O3S. The van der Waals surface area contributed by atoms with E-state index in [2.05, 4.69) is 20.6 Å². The van der Waals surface area contributed by atoms with Crippen LogP contribution in [0.15, 0.2) is 64.5 Å². The molecule has 0 aliphatic heterocycles. The minimum atomic E-state index is -0.589. The van der Waals surface area contributed by atoms with Crippen molar-refractivity contribution in [1.82, 2.24) is 15.3 Å². The highest BCUT2D eigenvalue weighted by atomic mass is 32.2. The number of anilines is 2. The summed E-state index contributed by atoms with van der Waals surface area (Å²) in [6.07, 6.45) is 0. The van der Waals surface area contributed by atoms with Crippen LogP contribution in [0.3, 0.4) is 0 Å². The first-order valence-corrected chi connectivity index (χ1v) is 10.1. The van der Waals surface area contributed by atoms with Crippen LogP contribution in [0.2, 0.25) is 0 Å². The number of aryl methyl sites for hydroxylation is 1. The third kappa shape index (κ3) is 5.71. The maximum Gasteiger partial charge on any atom is 0.277 e. The van der Waals surface area contributed by atoms with Crippen molar-refractivity contribution in [3.8, 4) is 0 Å². The fourth-order valence-corrected chi connectivity index (χ4v) is 3.22. The zero-order valence-electron chi connectivity index (χ0n) is 16.3. The molecule has 2 amide bonds. The van der Waals surface area contributed by atoms with Gasteiger partial charge in [0.2, 0.25) is 5.91 Å². The number of amides is 2. The van der Waals surface area contributed by atoms with Crippen LogP contribution < -0.4 is 21.9 Å². The number of aromatic nitrogens is 2. The van der Waals surface area contributed by atoms with Gasteiger partial charge in [-0.25, -0.2) is 4.98 Å². The zero-order chi connectivity index (χ0) is 21.5. The number of carbonyl (C=O) groups is 2. The van der Waals surface area contributed by atoms with Crippen LogP contribution in [-0.4, -0.2) is 27.5 Å². The van der Waals surface area contributed by atoms with Gasteiger partial charge in [0.15, 0.2) is 11.0 Å². The Balaban J connectivity index is 1.57. The number of rotatable bonds is 7. The summed E-state index contributed by atoms with van der Waals surface area (Å²) in [6, 6.07) is 16.3. The number of nitrogens with one attached hydrogen (secondary N) is 3. The van der Waals surface area contributed by atoms with Gasteiger partial charge >= 0.3 is 0 Å². The van der Waals surface area contributed by atoms with Crippen molar-refractivity contribution in [3.05, 3.63) is 81.6 Å². The van der Waals surface area contributed by atoms with E-state index in [1.807, 2.05) is 31.2 Å². The second-order valence-corrected chi connectivity index (χ2v) is 7.47. The van der Waals surface area contributed by atoms with Gasteiger partial charge in [-0.05, 0) is 24.6 Å². The summed E-state index contributed by atoms with van der Waals surface area (Å²) in [6.45, 7) is 2.41. The Labute approximate surface area is 177 Å². The molecule has 154 valence electrons. The van der Waals surface area contributed by atoms with E-state index < -0.39 is 11.5 Å². The molecule has 30 heavy (non-hydrogen) atoms. The number of nitrogens with two attached hydrogens (primary N) is 1. The average molecular weight is 423 g/mol. The van der Waals surface area contributed by atoms with E-state index in [0.717, 1.165) is 22.9 Å². The molecule has 0 aliphatic rings. The normalized spacial score (nSPS) is 10.4. The lowest BCUT2D eigenvalue weighted by Crippen LogP contribution is -2.25. The Bertz CT molecular complexity index is 1100. The molecule has 1 heterocycles. The number of benzene rings is 2. The monoisotopic (exact) mass is 423 g/mol. The molecule has 2 aromatic carbocycles. The Hall–Kier alpha value is -3.59. The molecule has 0 aliphatic carbocycles. The summed E-state index contributed by atoms with van der Waals surface area (Å²) in [5.41, 5.74) is 7.66. The van der Waals surface area contributed by atoms with Crippen molar-refractivity contribution in [3.63, 3.8) is 0 Å². The predicted octanol–water partition coefficient (Wildman–Crippen LogP) is 2.32. The molecule has 0 atom stereocenters. The van der Waals surface area contributed by atoms with Gasteiger partial charge < -0.3 is 16.4 Å². The highest BCUT2D eigenvalue weighted by molar-refractivity contribution is 7.99. The van der Waals surface area contributed by atoms with Gasteiger partial charge in [-0.3, -0.25) is 19.4 Å². The quantitative estimate of drug-likeness (QED) is 0.341. The average Bonchev–Trinajstić information content (AvgIpc) is 2.75. The van der Waals surface area contributed by atoms with Gasteiger partial charge in [0.1, 0.15) is 5.69 Å². The Morgan fingerprint density at radius 3 is 2.47 bits per heavy atom. The van der Waals surface area contributed by atoms with Crippen LogP contribution in [0.5, 0.6) is 0 Å². The minimum Gasteiger partial charge on any atom is -0.382 e. The van der Waals surface area contributed by atoms with Crippen molar-refractivity contribution < 1.29 is 9.59 Å². The third-order valence-corrected chi connectivity index (χ3v) is 5.02. The Kier molecular flexibility index (Phi) is 6.87. The highest BCUT2D eigenvalue weighted by Gasteiger charge is 2.14. The fourth-order valence-electron chi connectivity index (χ4n) is 2.53. The summed E-state index contributed by atoms with van der Waals surface area (Å²) < 4.78 is 0. The van der Waals surface area contributed by atoms with Crippen molar-refractivity contribution in [2.75, 3.05) is 16.8 Å². The van der Waals surface area contributed by atoms with Crippen LogP contribution in [0.4, 0.5) is 11.5 Å². The number of H-pyrrole nitrogens is 1. The minimum absolute atomic E-state index is 0.0595. The molecule has 5 N–H and O–H groups in total. The number of hydrogen-bond donors (Lipinski definition) is 4. The topological polar surface area (TPSA) is 130 Å². The molecule has 9 heteroatoms. The molecule has 0 spiro atoms. The maximum atomic E-state index is 12.3. The number of hydrogen-bond acceptors (Lipinski definition) is 6. The first kappa shape index (κ1) is 21.1. The molecule has 0 fully saturated rings. The molecule has 0 saturated carbocycles. The van der Waals surface area contributed by atoms with E-state index in [9.17, 15) is 14.4 Å². The molecule has 8 nitrogen and oxygen atoms in total. The van der Waals surface area contributed by atoms with Crippen LogP contribution in [0, 0.1) is 6.92 Å². The fraction of sp³-hybridized carbons (Fsp3) is 0.143. The molecule has 0 saturated heterocycles. The number of thioether (sulfide) groups is 1. The first-order valence-electron chi connectivity index (χ1n) is 9.13. The van der Waals surface area contributed by atoms with E-state index in [0.29, 0.717) is 12.1 Å². The Morgan fingerprint density at radius 1 is 1.10 bits per heavy atom. The SMILES string of the molecule is Cc1ccc(CNC(=O)CSc2nc(N)c(NC(=O)c3ccccc3)c(=O)[nH]2)cc1. The van der Waals surface area contributed by atoms with Crippen LogP contribution in [-0.2, 0) is 11.3 Å². The van der Waals surface area contributed by atoms with Crippen molar-refractivity contribution in [2.24, 2.45) is 0 Å². The number of aromatic amines is 1. The van der Waals surface area contributed by atoms with Gasteiger partial charge in [-0.2, -0.15) is 0 Å². The number of nitrogens with zero attached hydrogens (tertiary/aromatic N) is 1. The van der Waals surface area contributed by atoms with Crippen LogP contribution in [0.25, 0.3) is 0 Å². The van der Waals surface area contributed by atoms with Crippen molar-refractivity contribution in [1.29, 1.82) is 0 Å². The summed E-state index contributed by atoms with van der Waals surface area (Å²) in [5.74, 6) is -0.733. The molecule has 3 rings (SSSR count). The van der Waals surface area contributed by atoms with E-state index in [4.69, 9.17) is 5.73 Å². The number of carbonyl (C=O) groups excluding carboxylic acids is 2. The smallest absolute Gasteiger partial charge is 0.277 e. The standard InChI is InChI=1S/C21H21N5O3S/c1-13-7-9-14(10-8-13)11-23-16(27)12-30-21-25-18(22)17(20(29)26-21)24-19(28)15-5-3-2-4-6-15/h2-10H,11-12H2,1H3,(H,23,27)(H,24,28)(H3,22,25,26,29). The lowest BCUT2D eigenvalue weighted by Gasteiger charge is -2.09. The van der Waals surface area contributed by atoms with Crippen molar-refractivity contribution >= 4 is 35.1 Å². The molecule has 0 unspecified atom stereocenters. The summed E-state index contributed by atoms with van der Waals surface area (Å²) in [5, 5.41) is 5.47. The van der Waals surface area contributed by atoms with Gasteiger partial charge in [0.25, 0.3) is 11.5 Å². The maximum absolute atomic E-state index is 12.3. The second-order valence-electron chi connectivity index (χ2n) is 6.50. The molecular weight excluding hydrogens is 402 g/mol. The van der Waals surface area contributed by atoms with Gasteiger partial charge in [0, 0.05) is 12.1 Å². The first-order chi connectivity index (χ1) is 14.4. The summed E-state index contributed by atoms with van der Waals surface area (Å²) >= 11 is 1.05. The third-order valence-electron chi connectivity index (χ3n) is 4.15. The van der Waals surface area contributed by atoms with Gasteiger partial charge in [-0.1, -0.05) is 59.8 Å². The Morgan fingerprint density at radius 2 is 1.80 bits per heavy atom. The van der Waals surface area contributed by atoms with Crippen LogP contribution >= 0.6 is 11.8 Å². The summed E-state index contributed by atoms with van der Waals surface area (Å²) in [4.78, 5) is 43.2. The zero-order valence-corrected chi connectivity index (χ0v) is 17.1. The lowest BCUT2D eigenvalue weighted by molar-refractivity contribution is -0.118. The lowest BCUT2D eigenvalue weighted by atomic mass is 10.1. The molecule has 0 bridgehead atoms. The van der Waals surface area contributed by atoms with Crippen molar-refractivity contribution in [2.45, 2.75) is 18.6 Å². The second kappa shape index (κ2) is 9.75. The summed E-state index contributed by atoms with van der Waals surface area (Å²) in [7, 11) is 0. The van der Waals surface area contributed by atoms with Crippen LogP contribution in [0.1, 0.15) is 21.5 Å². The highest BCUT2D eigenvalue weighted by Crippen LogP contribution is 2.17. The van der Waals surface area contributed by atoms with E-state index >= 15 is 0 Å². The van der Waals surface area contributed by atoms with E-state index in [-0.39, 0.29) is 28.3 Å². The van der Waals surface area contributed by atoms with E-state index in [1.54, 1.807) is 30.3 Å². The van der Waals surface area contributed by atoms with Gasteiger partial charge in [-0.15, -0.1) is 0 Å². The predicted molar refractivity (Wildman–Crippen MR) is 117 cm³/mol.